The summed E-state index contributed by atoms with van der Waals surface area (Å²) in [5.41, 5.74) is 3.55. The van der Waals surface area contributed by atoms with Crippen molar-refractivity contribution in [2.45, 2.75) is 39.6 Å². The van der Waals surface area contributed by atoms with Gasteiger partial charge in [-0.15, -0.1) is 0 Å². The number of aliphatic hydroxyl groups is 1. The molecule has 1 N–H and O–H groups in total. The number of hydrogen-bond acceptors (Lipinski definition) is 4. The molecule has 32 heavy (non-hydrogen) atoms. The summed E-state index contributed by atoms with van der Waals surface area (Å²) in [5, 5.41) is 10.6. The summed E-state index contributed by atoms with van der Waals surface area (Å²) in [6, 6.07) is 22.5. The van der Waals surface area contributed by atoms with Gasteiger partial charge in [-0.2, -0.15) is 0 Å². The molecule has 0 aliphatic carbocycles. The molecule has 0 amide bonds. The number of aliphatic hydroxyl groups excluding tert-OH is 1. The van der Waals surface area contributed by atoms with E-state index >= 15 is 0 Å². The van der Waals surface area contributed by atoms with Gasteiger partial charge in [0.1, 0.15) is 5.75 Å². The molecule has 0 radical (unpaired) electrons. The van der Waals surface area contributed by atoms with E-state index in [-0.39, 0.29) is 0 Å². The van der Waals surface area contributed by atoms with E-state index in [1.54, 1.807) is 7.11 Å². The molecule has 0 saturated heterocycles. The first-order chi connectivity index (χ1) is 15.5. The van der Waals surface area contributed by atoms with Gasteiger partial charge in [0.2, 0.25) is 0 Å². The lowest BCUT2D eigenvalue weighted by Gasteiger charge is -2.27. The average Bonchev–Trinajstić information content (AvgIpc) is 3.20. The Morgan fingerprint density at radius 1 is 0.938 bits per heavy atom. The minimum absolute atomic E-state index is 0.328. The summed E-state index contributed by atoms with van der Waals surface area (Å²) in [4.78, 5) is 2.32. The van der Waals surface area contributed by atoms with Crippen molar-refractivity contribution in [3.8, 4) is 5.75 Å². The fraction of sp³-hybridized carbons (Fsp3) is 0.407. The molecule has 3 aromatic rings. The summed E-state index contributed by atoms with van der Waals surface area (Å²) in [6.45, 7) is 8.33. The van der Waals surface area contributed by atoms with Crippen LogP contribution in [0.2, 0.25) is 0 Å². The third-order valence-corrected chi connectivity index (χ3v) is 5.31. The van der Waals surface area contributed by atoms with Crippen LogP contribution in [0.5, 0.6) is 5.75 Å². The third kappa shape index (κ3) is 7.83. The number of rotatable bonds is 13. The van der Waals surface area contributed by atoms with Crippen molar-refractivity contribution >= 4 is 0 Å². The number of nitrogens with zero attached hydrogens (tertiary/aromatic N) is 2. The smallest absolute Gasteiger partial charge is 0.119 e. The van der Waals surface area contributed by atoms with Crippen LogP contribution in [0.15, 0.2) is 72.9 Å². The van der Waals surface area contributed by atoms with E-state index < -0.39 is 6.10 Å². The van der Waals surface area contributed by atoms with E-state index in [2.05, 4.69) is 53.8 Å². The standard InChI is InChI=1S/C27H36N2O3/c1-22(2)16-28(19-26(30)21-32-20-23-9-5-4-6-10-23)18-25-12-8-14-29(25)17-24-11-7-13-27(15-24)31-3/h4-15,22,26,30H,16-21H2,1-3H3. The highest BCUT2D eigenvalue weighted by Gasteiger charge is 2.16. The summed E-state index contributed by atoms with van der Waals surface area (Å²) >= 11 is 0. The Bertz CT molecular complexity index is 923. The van der Waals surface area contributed by atoms with Gasteiger partial charge in [0.25, 0.3) is 0 Å². The molecule has 5 nitrogen and oxygen atoms in total. The fourth-order valence-electron chi connectivity index (χ4n) is 3.90. The van der Waals surface area contributed by atoms with Gasteiger partial charge in [0.15, 0.2) is 0 Å². The summed E-state index contributed by atoms with van der Waals surface area (Å²) < 4.78 is 13.4. The average molecular weight is 437 g/mol. The van der Waals surface area contributed by atoms with Crippen LogP contribution in [0.25, 0.3) is 0 Å². The van der Waals surface area contributed by atoms with Gasteiger partial charge in [0, 0.05) is 38.1 Å². The molecule has 0 aliphatic heterocycles. The molecule has 0 spiro atoms. The SMILES string of the molecule is COc1cccc(Cn2cccc2CN(CC(C)C)CC(O)COCc2ccccc2)c1. The molecule has 172 valence electrons. The first-order valence-corrected chi connectivity index (χ1v) is 11.3. The maximum absolute atomic E-state index is 10.6. The van der Waals surface area contributed by atoms with Gasteiger partial charge in [-0.1, -0.05) is 56.3 Å². The molecule has 2 aromatic carbocycles. The second-order valence-electron chi connectivity index (χ2n) is 8.72. The van der Waals surface area contributed by atoms with Crippen molar-refractivity contribution in [2.24, 2.45) is 5.92 Å². The molecule has 0 aliphatic rings. The van der Waals surface area contributed by atoms with E-state index in [1.807, 2.05) is 42.5 Å². The lowest BCUT2D eigenvalue weighted by Crippen LogP contribution is -2.37. The van der Waals surface area contributed by atoms with Crippen molar-refractivity contribution in [3.05, 3.63) is 89.7 Å². The summed E-state index contributed by atoms with van der Waals surface area (Å²) in [6.07, 6.45) is 1.58. The second-order valence-corrected chi connectivity index (χ2v) is 8.72. The molecule has 0 fully saturated rings. The number of methoxy groups -OCH3 is 1. The second kappa shape index (κ2) is 12.4. The van der Waals surface area contributed by atoms with Crippen LogP contribution in [0.4, 0.5) is 0 Å². The van der Waals surface area contributed by atoms with E-state index in [0.29, 0.717) is 25.7 Å². The maximum Gasteiger partial charge on any atom is 0.119 e. The first-order valence-electron chi connectivity index (χ1n) is 11.3. The lowest BCUT2D eigenvalue weighted by molar-refractivity contribution is 0.00644. The zero-order valence-corrected chi connectivity index (χ0v) is 19.5. The summed E-state index contributed by atoms with van der Waals surface area (Å²) in [5.74, 6) is 1.38. The van der Waals surface area contributed by atoms with Crippen molar-refractivity contribution in [2.75, 3.05) is 26.8 Å². The van der Waals surface area contributed by atoms with Gasteiger partial charge in [0.05, 0.1) is 26.4 Å². The highest BCUT2D eigenvalue weighted by Crippen LogP contribution is 2.16. The van der Waals surface area contributed by atoms with Crippen molar-refractivity contribution in [1.82, 2.24) is 9.47 Å². The van der Waals surface area contributed by atoms with Gasteiger partial charge in [-0.3, -0.25) is 4.90 Å². The molecule has 3 rings (SSSR count). The zero-order chi connectivity index (χ0) is 22.8. The van der Waals surface area contributed by atoms with Gasteiger partial charge >= 0.3 is 0 Å². The Hall–Kier alpha value is -2.60. The van der Waals surface area contributed by atoms with Crippen molar-refractivity contribution in [3.63, 3.8) is 0 Å². The lowest BCUT2D eigenvalue weighted by atomic mass is 10.2. The molecular weight excluding hydrogens is 400 g/mol. The molecule has 0 saturated carbocycles. The number of hydrogen-bond donors (Lipinski definition) is 1. The Morgan fingerprint density at radius 2 is 1.72 bits per heavy atom. The Labute approximate surface area is 192 Å². The Balaban J connectivity index is 1.57. The van der Waals surface area contributed by atoms with E-state index in [9.17, 15) is 5.11 Å². The number of aromatic nitrogens is 1. The molecule has 1 atom stereocenters. The molecule has 1 aromatic heterocycles. The molecule has 1 unspecified atom stereocenters. The van der Waals surface area contributed by atoms with E-state index in [4.69, 9.17) is 9.47 Å². The van der Waals surface area contributed by atoms with Crippen LogP contribution >= 0.6 is 0 Å². The molecular formula is C27H36N2O3. The van der Waals surface area contributed by atoms with Crippen LogP contribution in [0.3, 0.4) is 0 Å². The van der Waals surface area contributed by atoms with Crippen molar-refractivity contribution in [1.29, 1.82) is 0 Å². The minimum atomic E-state index is -0.528. The van der Waals surface area contributed by atoms with Gasteiger partial charge < -0.3 is 19.1 Å². The van der Waals surface area contributed by atoms with E-state index in [0.717, 1.165) is 30.9 Å². The van der Waals surface area contributed by atoms with E-state index in [1.165, 1.54) is 11.3 Å². The highest BCUT2D eigenvalue weighted by atomic mass is 16.5. The number of ether oxygens (including phenoxy) is 2. The highest BCUT2D eigenvalue weighted by molar-refractivity contribution is 5.29. The predicted molar refractivity (Wildman–Crippen MR) is 129 cm³/mol. The normalized spacial score (nSPS) is 12.4. The minimum Gasteiger partial charge on any atom is -0.497 e. The Kier molecular flexibility index (Phi) is 9.35. The molecule has 5 heteroatoms. The van der Waals surface area contributed by atoms with Gasteiger partial charge in [-0.05, 0) is 41.3 Å². The van der Waals surface area contributed by atoms with Crippen molar-refractivity contribution < 1.29 is 14.6 Å². The molecule has 0 bridgehead atoms. The van der Waals surface area contributed by atoms with Crippen LogP contribution in [0, 0.1) is 5.92 Å². The monoisotopic (exact) mass is 436 g/mol. The van der Waals surface area contributed by atoms with Crippen LogP contribution in [0.1, 0.15) is 30.7 Å². The maximum atomic E-state index is 10.6. The van der Waals surface area contributed by atoms with Crippen LogP contribution < -0.4 is 4.74 Å². The van der Waals surface area contributed by atoms with Crippen LogP contribution in [-0.4, -0.2) is 47.5 Å². The predicted octanol–water partition coefficient (Wildman–Crippen LogP) is 4.58. The fourth-order valence-corrected chi connectivity index (χ4v) is 3.90. The van der Waals surface area contributed by atoms with Crippen LogP contribution in [-0.2, 0) is 24.4 Å². The van der Waals surface area contributed by atoms with Gasteiger partial charge in [-0.25, -0.2) is 0 Å². The Morgan fingerprint density at radius 3 is 2.47 bits per heavy atom. The summed E-state index contributed by atoms with van der Waals surface area (Å²) in [7, 11) is 1.69. The topological polar surface area (TPSA) is 46.9 Å². The number of benzene rings is 2. The molecule has 1 heterocycles. The third-order valence-electron chi connectivity index (χ3n) is 5.31. The quantitative estimate of drug-likeness (QED) is 0.426. The zero-order valence-electron chi connectivity index (χ0n) is 19.5. The largest absolute Gasteiger partial charge is 0.497 e. The first kappa shape index (κ1) is 24.1.